The molecule has 0 unspecified atom stereocenters. The molecule has 1 aromatic carbocycles. The van der Waals surface area contributed by atoms with Gasteiger partial charge >= 0.3 is 0 Å². The van der Waals surface area contributed by atoms with Crippen LogP contribution in [0.2, 0.25) is 5.02 Å². The van der Waals surface area contributed by atoms with Crippen LogP contribution in [0.4, 0.5) is 0 Å². The van der Waals surface area contributed by atoms with Crippen LogP contribution in [0.25, 0.3) is 0 Å². The molecule has 0 aliphatic rings. The van der Waals surface area contributed by atoms with Gasteiger partial charge in [-0.05, 0) is 38.0 Å². The summed E-state index contributed by atoms with van der Waals surface area (Å²) in [4.78, 5) is 8.56. The molecule has 4 heteroatoms. The van der Waals surface area contributed by atoms with Crippen molar-refractivity contribution in [2.45, 2.75) is 27.2 Å². The van der Waals surface area contributed by atoms with Gasteiger partial charge in [0.15, 0.2) is 0 Å². The molecule has 1 aromatic heterocycles. The van der Waals surface area contributed by atoms with E-state index in [-0.39, 0.29) is 0 Å². The number of benzene rings is 1. The van der Waals surface area contributed by atoms with Gasteiger partial charge in [-0.2, -0.15) is 4.98 Å². The number of aryl methyl sites for hydroxylation is 3. The van der Waals surface area contributed by atoms with Crippen LogP contribution in [0.5, 0.6) is 11.6 Å². The zero-order valence-electron chi connectivity index (χ0n) is 10.7. The van der Waals surface area contributed by atoms with E-state index < -0.39 is 0 Å². The summed E-state index contributed by atoms with van der Waals surface area (Å²) >= 11 is 6.12. The standard InChI is InChI=1S/C14H15ClN2O/c1-4-11-8-14(17-10(3)16-11)18-13-6-5-9(2)7-12(13)15/h5-8H,4H2,1-3H3. The van der Waals surface area contributed by atoms with Crippen molar-refractivity contribution in [1.29, 1.82) is 0 Å². The third-order valence-electron chi connectivity index (χ3n) is 2.53. The van der Waals surface area contributed by atoms with E-state index in [1.54, 1.807) is 0 Å². The molecule has 0 atom stereocenters. The molecule has 2 rings (SSSR count). The van der Waals surface area contributed by atoms with E-state index >= 15 is 0 Å². The first kappa shape index (κ1) is 12.8. The quantitative estimate of drug-likeness (QED) is 0.835. The summed E-state index contributed by atoms with van der Waals surface area (Å²) in [6.07, 6.45) is 0.849. The van der Waals surface area contributed by atoms with Crippen molar-refractivity contribution in [3.8, 4) is 11.6 Å². The van der Waals surface area contributed by atoms with Crippen molar-refractivity contribution in [3.63, 3.8) is 0 Å². The second kappa shape index (κ2) is 5.36. The molecular formula is C14H15ClN2O. The molecule has 0 amide bonds. The number of halogens is 1. The van der Waals surface area contributed by atoms with Crippen LogP contribution in [0.1, 0.15) is 24.0 Å². The molecule has 1 heterocycles. The summed E-state index contributed by atoms with van der Waals surface area (Å²) in [5, 5.41) is 0.587. The lowest BCUT2D eigenvalue weighted by Gasteiger charge is -2.08. The summed E-state index contributed by atoms with van der Waals surface area (Å²) in [7, 11) is 0. The number of hydrogen-bond donors (Lipinski definition) is 0. The van der Waals surface area contributed by atoms with Gasteiger partial charge in [-0.3, -0.25) is 0 Å². The highest BCUT2D eigenvalue weighted by Gasteiger charge is 2.06. The summed E-state index contributed by atoms with van der Waals surface area (Å²) in [6.45, 7) is 5.88. The Morgan fingerprint density at radius 2 is 1.94 bits per heavy atom. The Hall–Kier alpha value is -1.61. The Labute approximate surface area is 112 Å². The molecule has 18 heavy (non-hydrogen) atoms. The maximum Gasteiger partial charge on any atom is 0.222 e. The van der Waals surface area contributed by atoms with Crippen LogP contribution in [0, 0.1) is 13.8 Å². The molecule has 2 aromatic rings. The molecule has 0 aliphatic carbocycles. The first-order valence-corrected chi connectivity index (χ1v) is 6.25. The van der Waals surface area contributed by atoms with Crippen LogP contribution >= 0.6 is 11.6 Å². The van der Waals surface area contributed by atoms with E-state index in [4.69, 9.17) is 16.3 Å². The van der Waals surface area contributed by atoms with Crippen molar-refractivity contribution in [1.82, 2.24) is 9.97 Å². The average molecular weight is 263 g/mol. The lowest BCUT2D eigenvalue weighted by molar-refractivity contribution is 0.458. The highest BCUT2D eigenvalue weighted by atomic mass is 35.5. The second-order valence-electron chi connectivity index (χ2n) is 4.13. The summed E-state index contributed by atoms with van der Waals surface area (Å²) < 4.78 is 5.70. The normalized spacial score (nSPS) is 10.4. The fourth-order valence-corrected chi connectivity index (χ4v) is 1.91. The first-order valence-electron chi connectivity index (χ1n) is 5.87. The van der Waals surface area contributed by atoms with Gasteiger partial charge in [-0.25, -0.2) is 4.98 Å². The summed E-state index contributed by atoms with van der Waals surface area (Å²) in [6, 6.07) is 7.51. The molecule has 0 saturated heterocycles. The topological polar surface area (TPSA) is 35.0 Å². The van der Waals surface area contributed by atoms with E-state index in [1.165, 1.54) is 0 Å². The predicted molar refractivity (Wildman–Crippen MR) is 72.4 cm³/mol. The van der Waals surface area contributed by atoms with Crippen LogP contribution in [-0.2, 0) is 6.42 Å². The molecule has 0 bridgehead atoms. The second-order valence-corrected chi connectivity index (χ2v) is 4.54. The SMILES string of the molecule is CCc1cc(Oc2ccc(C)cc2Cl)nc(C)n1. The maximum atomic E-state index is 6.12. The number of rotatable bonds is 3. The maximum absolute atomic E-state index is 6.12. The van der Waals surface area contributed by atoms with Crippen molar-refractivity contribution < 1.29 is 4.74 Å². The number of aromatic nitrogens is 2. The minimum Gasteiger partial charge on any atom is -0.437 e. The minimum atomic E-state index is 0.533. The van der Waals surface area contributed by atoms with Gasteiger partial charge in [0.25, 0.3) is 0 Å². The Morgan fingerprint density at radius 3 is 2.61 bits per heavy atom. The number of nitrogens with zero attached hydrogens (tertiary/aromatic N) is 2. The molecule has 0 aliphatic heterocycles. The Balaban J connectivity index is 2.30. The van der Waals surface area contributed by atoms with Gasteiger partial charge in [0.2, 0.25) is 5.88 Å². The van der Waals surface area contributed by atoms with E-state index in [2.05, 4.69) is 9.97 Å². The zero-order chi connectivity index (χ0) is 13.1. The fraction of sp³-hybridized carbons (Fsp3) is 0.286. The van der Waals surface area contributed by atoms with Crippen LogP contribution < -0.4 is 4.74 Å². The van der Waals surface area contributed by atoms with E-state index in [0.717, 1.165) is 17.7 Å². The van der Waals surface area contributed by atoms with Gasteiger partial charge in [0, 0.05) is 11.8 Å². The average Bonchev–Trinajstić information content (AvgIpc) is 2.32. The zero-order valence-corrected chi connectivity index (χ0v) is 11.5. The molecule has 94 valence electrons. The third-order valence-corrected chi connectivity index (χ3v) is 2.83. The Morgan fingerprint density at radius 1 is 1.17 bits per heavy atom. The molecule has 0 spiro atoms. The van der Waals surface area contributed by atoms with E-state index in [1.807, 2.05) is 45.0 Å². The van der Waals surface area contributed by atoms with Gasteiger partial charge in [0.1, 0.15) is 11.6 Å². The third kappa shape index (κ3) is 2.99. The largest absolute Gasteiger partial charge is 0.437 e. The van der Waals surface area contributed by atoms with E-state index in [9.17, 15) is 0 Å². The lowest BCUT2D eigenvalue weighted by Crippen LogP contribution is -1.97. The Kier molecular flexibility index (Phi) is 3.82. The molecule has 0 fully saturated rings. The van der Waals surface area contributed by atoms with Crippen molar-refractivity contribution in [2.75, 3.05) is 0 Å². The number of ether oxygens (including phenoxy) is 1. The predicted octanol–water partition coefficient (Wildman–Crippen LogP) is 4.10. The monoisotopic (exact) mass is 262 g/mol. The summed E-state index contributed by atoms with van der Waals surface area (Å²) in [5.74, 6) is 1.85. The Bertz CT molecular complexity index is 570. The van der Waals surface area contributed by atoms with Gasteiger partial charge in [-0.1, -0.05) is 24.6 Å². The summed E-state index contributed by atoms with van der Waals surface area (Å²) in [5.41, 5.74) is 2.06. The van der Waals surface area contributed by atoms with Gasteiger partial charge < -0.3 is 4.74 Å². The van der Waals surface area contributed by atoms with Crippen LogP contribution in [-0.4, -0.2) is 9.97 Å². The van der Waals surface area contributed by atoms with Crippen molar-refractivity contribution >= 4 is 11.6 Å². The lowest BCUT2D eigenvalue weighted by atomic mass is 10.2. The molecule has 0 saturated carbocycles. The molecular weight excluding hydrogens is 248 g/mol. The van der Waals surface area contributed by atoms with Crippen molar-refractivity contribution in [2.24, 2.45) is 0 Å². The van der Waals surface area contributed by atoms with Gasteiger partial charge in [0.05, 0.1) is 5.02 Å². The molecule has 0 radical (unpaired) electrons. The number of hydrogen-bond acceptors (Lipinski definition) is 3. The minimum absolute atomic E-state index is 0.533. The van der Waals surface area contributed by atoms with Gasteiger partial charge in [-0.15, -0.1) is 0 Å². The first-order chi connectivity index (χ1) is 8.58. The molecule has 0 N–H and O–H groups in total. The highest BCUT2D eigenvalue weighted by Crippen LogP contribution is 2.29. The van der Waals surface area contributed by atoms with Crippen molar-refractivity contribution in [3.05, 3.63) is 46.4 Å². The van der Waals surface area contributed by atoms with E-state index in [0.29, 0.717) is 22.5 Å². The van der Waals surface area contributed by atoms with Crippen LogP contribution in [0.15, 0.2) is 24.3 Å². The highest BCUT2D eigenvalue weighted by molar-refractivity contribution is 6.32. The molecule has 3 nitrogen and oxygen atoms in total. The fourth-order valence-electron chi connectivity index (χ4n) is 1.63. The van der Waals surface area contributed by atoms with Crippen LogP contribution in [0.3, 0.4) is 0 Å². The smallest absolute Gasteiger partial charge is 0.222 e.